The molecule has 5 rings (SSSR count). The van der Waals surface area contributed by atoms with Crippen LogP contribution in [0, 0.1) is 6.92 Å². The molecule has 4 aromatic rings. The SMILES string of the molecule is Cc1ccc(Oc2nc3nc(-c4ccc(N5CCOCC5)cc4)c(Cl)cc3[nH]2)cc1P(=O)(O)O. The van der Waals surface area contributed by atoms with Crippen LogP contribution in [0.4, 0.5) is 5.69 Å². The van der Waals surface area contributed by atoms with Crippen molar-refractivity contribution < 1.29 is 23.8 Å². The van der Waals surface area contributed by atoms with E-state index < -0.39 is 7.60 Å². The molecule has 0 bridgehead atoms. The van der Waals surface area contributed by atoms with Crippen LogP contribution in [0.1, 0.15) is 5.56 Å². The molecule has 1 aliphatic rings. The van der Waals surface area contributed by atoms with Gasteiger partial charge in [0.1, 0.15) is 5.75 Å². The maximum Gasteiger partial charge on any atom is 0.356 e. The number of imidazole rings is 1. The summed E-state index contributed by atoms with van der Waals surface area (Å²) in [4.78, 5) is 33.3. The number of aromatic amines is 1. The Hall–Kier alpha value is -2.94. The van der Waals surface area contributed by atoms with Gasteiger partial charge >= 0.3 is 13.6 Å². The van der Waals surface area contributed by atoms with Crippen molar-refractivity contribution in [1.82, 2.24) is 15.0 Å². The minimum Gasteiger partial charge on any atom is -0.426 e. The van der Waals surface area contributed by atoms with E-state index in [1.807, 2.05) is 24.3 Å². The third-order valence-corrected chi connectivity index (χ3v) is 7.03. The zero-order chi connectivity index (χ0) is 23.9. The number of nitrogens with zero attached hydrogens (tertiary/aromatic N) is 3. The topological polar surface area (TPSA) is 121 Å². The Kier molecular flexibility index (Phi) is 6.06. The quantitative estimate of drug-likeness (QED) is 0.351. The molecule has 11 heteroatoms. The summed E-state index contributed by atoms with van der Waals surface area (Å²) in [6, 6.07) is 14.4. The van der Waals surface area contributed by atoms with Gasteiger partial charge < -0.3 is 29.1 Å². The van der Waals surface area contributed by atoms with Crippen molar-refractivity contribution >= 4 is 41.4 Å². The fourth-order valence-electron chi connectivity index (χ4n) is 3.88. The first kappa shape index (κ1) is 22.8. The highest BCUT2D eigenvalue weighted by Crippen LogP contribution is 2.37. The molecule has 0 radical (unpaired) electrons. The first-order chi connectivity index (χ1) is 16.3. The molecule has 34 heavy (non-hydrogen) atoms. The fraction of sp³-hybridized carbons (Fsp3) is 0.217. The molecule has 1 aliphatic heterocycles. The Labute approximate surface area is 200 Å². The number of pyridine rings is 1. The van der Waals surface area contributed by atoms with E-state index in [0.717, 1.165) is 37.6 Å². The average molecular weight is 501 g/mol. The Morgan fingerprint density at radius 1 is 1.09 bits per heavy atom. The van der Waals surface area contributed by atoms with E-state index in [1.165, 1.54) is 6.07 Å². The van der Waals surface area contributed by atoms with E-state index in [-0.39, 0.29) is 17.1 Å². The lowest BCUT2D eigenvalue weighted by molar-refractivity contribution is 0.122. The molecule has 3 N–H and O–H groups in total. The van der Waals surface area contributed by atoms with Gasteiger partial charge in [-0.3, -0.25) is 4.57 Å². The number of hydrogen-bond donors (Lipinski definition) is 3. The van der Waals surface area contributed by atoms with Crippen molar-refractivity contribution in [1.29, 1.82) is 0 Å². The van der Waals surface area contributed by atoms with Gasteiger partial charge in [0.05, 0.1) is 34.8 Å². The number of nitrogens with one attached hydrogen (secondary N) is 1. The number of aromatic nitrogens is 3. The number of halogens is 1. The van der Waals surface area contributed by atoms with Crippen LogP contribution >= 0.6 is 19.2 Å². The summed E-state index contributed by atoms with van der Waals surface area (Å²) in [5.41, 5.74) is 4.04. The summed E-state index contributed by atoms with van der Waals surface area (Å²) in [5, 5.41) is 0.367. The first-order valence-electron chi connectivity index (χ1n) is 10.6. The summed E-state index contributed by atoms with van der Waals surface area (Å²) >= 11 is 6.52. The summed E-state index contributed by atoms with van der Waals surface area (Å²) in [5.74, 6) is 0.244. The fourth-order valence-corrected chi connectivity index (χ4v) is 4.97. The highest BCUT2D eigenvalue weighted by Gasteiger charge is 2.21. The van der Waals surface area contributed by atoms with E-state index in [9.17, 15) is 14.4 Å². The number of morpholine rings is 1. The van der Waals surface area contributed by atoms with Crippen LogP contribution < -0.4 is 14.9 Å². The van der Waals surface area contributed by atoms with Crippen LogP contribution in [0.25, 0.3) is 22.4 Å². The van der Waals surface area contributed by atoms with Crippen LogP contribution in [0.3, 0.4) is 0 Å². The molecule has 0 atom stereocenters. The molecular formula is C23H22ClN4O5P. The Bertz CT molecular complexity index is 1400. The zero-order valence-electron chi connectivity index (χ0n) is 18.2. The van der Waals surface area contributed by atoms with Gasteiger partial charge in [-0.25, -0.2) is 4.98 Å². The number of benzene rings is 2. The van der Waals surface area contributed by atoms with E-state index in [2.05, 4.69) is 19.9 Å². The molecule has 9 nitrogen and oxygen atoms in total. The Morgan fingerprint density at radius 2 is 1.82 bits per heavy atom. The minimum atomic E-state index is -4.43. The smallest absolute Gasteiger partial charge is 0.356 e. The van der Waals surface area contributed by atoms with E-state index in [0.29, 0.717) is 27.4 Å². The molecule has 3 heterocycles. The van der Waals surface area contributed by atoms with Crippen LogP contribution in [0.5, 0.6) is 11.8 Å². The highest BCUT2D eigenvalue weighted by atomic mass is 35.5. The molecular weight excluding hydrogens is 479 g/mol. The van der Waals surface area contributed by atoms with Gasteiger partial charge in [-0.2, -0.15) is 4.98 Å². The molecule has 1 fully saturated rings. The molecule has 0 spiro atoms. The lowest BCUT2D eigenvalue weighted by Crippen LogP contribution is -2.36. The van der Waals surface area contributed by atoms with Crippen molar-refractivity contribution in [2.24, 2.45) is 0 Å². The molecule has 0 aliphatic carbocycles. The lowest BCUT2D eigenvalue weighted by Gasteiger charge is -2.28. The lowest BCUT2D eigenvalue weighted by atomic mass is 10.1. The van der Waals surface area contributed by atoms with Crippen molar-refractivity contribution in [3.63, 3.8) is 0 Å². The largest absolute Gasteiger partial charge is 0.426 e. The predicted octanol–water partition coefficient (Wildman–Crippen LogP) is 4.02. The zero-order valence-corrected chi connectivity index (χ0v) is 19.9. The number of fused-ring (bicyclic) bond motifs is 1. The maximum atomic E-state index is 11.7. The van der Waals surface area contributed by atoms with Crippen LogP contribution in [0.2, 0.25) is 5.02 Å². The number of hydrogen-bond acceptors (Lipinski definition) is 6. The van der Waals surface area contributed by atoms with Crippen LogP contribution in [0.15, 0.2) is 48.5 Å². The van der Waals surface area contributed by atoms with Crippen molar-refractivity contribution in [3.8, 4) is 23.0 Å². The van der Waals surface area contributed by atoms with Crippen molar-refractivity contribution in [2.45, 2.75) is 6.92 Å². The van der Waals surface area contributed by atoms with Gasteiger partial charge in [-0.1, -0.05) is 29.8 Å². The standard InChI is InChI=1S/C23H22ClN4O5P/c1-14-2-7-17(12-20(14)34(29,30)31)33-23-25-19-13-18(24)21(26-22(19)27-23)15-3-5-16(6-4-15)28-8-10-32-11-9-28/h2-7,12-13H,8-11H2,1H3,(H,25,26,27)(H2,29,30,31). The second-order valence-electron chi connectivity index (χ2n) is 7.97. The molecule has 0 amide bonds. The molecule has 2 aromatic carbocycles. The Morgan fingerprint density at radius 3 is 2.53 bits per heavy atom. The third-order valence-electron chi connectivity index (χ3n) is 5.63. The molecule has 2 aromatic heterocycles. The number of aryl methyl sites for hydroxylation is 1. The van der Waals surface area contributed by atoms with E-state index in [1.54, 1.807) is 25.1 Å². The minimum absolute atomic E-state index is 0.0925. The van der Waals surface area contributed by atoms with E-state index >= 15 is 0 Å². The summed E-state index contributed by atoms with van der Waals surface area (Å²) < 4.78 is 22.8. The molecule has 0 saturated carbocycles. The maximum absolute atomic E-state index is 11.7. The molecule has 0 unspecified atom stereocenters. The van der Waals surface area contributed by atoms with Crippen LogP contribution in [-0.2, 0) is 9.30 Å². The van der Waals surface area contributed by atoms with Crippen molar-refractivity contribution in [2.75, 3.05) is 31.2 Å². The predicted molar refractivity (Wildman–Crippen MR) is 130 cm³/mol. The second kappa shape index (κ2) is 9.02. The number of rotatable bonds is 5. The summed E-state index contributed by atoms with van der Waals surface area (Å²) in [7, 11) is -4.43. The third kappa shape index (κ3) is 4.66. The van der Waals surface area contributed by atoms with Crippen LogP contribution in [-0.4, -0.2) is 51.0 Å². The van der Waals surface area contributed by atoms with Crippen molar-refractivity contribution in [3.05, 3.63) is 59.1 Å². The average Bonchev–Trinajstić information content (AvgIpc) is 3.20. The number of anilines is 1. The van der Waals surface area contributed by atoms with Gasteiger partial charge in [-0.05, 0) is 42.8 Å². The monoisotopic (exact) mass is 500 g/mol. The van der Waals surface area contributed by atoms with Gasteiger partial charge in [0.25, 0.3) is 0 Å². The normalized spacial score (nSPS) is 14.5. The van der Waals surface area contributed by atoms with Gasteiger partial charge in [0.2, 0.25) is 0 Å². The summed E-state index contributed by atoms with van der Waals surface area (Å²) in [6.07, 6.45) is 0. The van der Waals surface area contributed by atoms with E-state index in [4.69, 9.17) is 21.1 Å². The summed E-state index contributed by atoms with van der Waals surface area (Å²) in [6.45, 7) is 4.78. The molecule has 176 valence electrons. The van der Waals surface area contributed by atoms with Gasteiger partial charge in [0.15, 0.2) is 5.65 Å². The molecule has 1 saturated heterocycles. The highest BCUT2D eigenvalue weighted by molar-refractivity contribution is 7.60. The number of ether oxygens (including phenoxy) is 2. The second-order valence-corrected chi connectivity index (χ2v) is 9.95. The Balaban J connectivity index is 1.41. The number of H-pyrrole nitrogens is 1. The van der Waals surface area contributed by atoms with Gasteiger partial charge in [0, 0.05) is 24.3 Å². The van der Waals surface area contributed by atoms with Gasteiger partial charge in [-0.15, -0.1) is 0 Å². The first-order valence-corrected chi connectivity index (χ1v) is 12.6.